The second-order valence-corrected chi connectivity index (χ2v) is 11.0. The zero-order chi connectivity index (χ0) is 28.0. The molecule has 2 unspecified atom stereocenters. The Bertz CT molecular complexity index is 1050. The maximum atomic E-state index is 13.5. The van der Waals surface area contributed by atoms with Crippen molar-refractivity contribution in [3.05, 3.63) is 60.2 Å². The van der Waals surface area contributed by atoms with E-state index in [1.165, 1.54) is 39.8 Å². The Morgan fingerprint density at radius 2 is 1.76 bits per heavy atom. The van der Waals surface area contributed by atoms with Gasteiger partial charge in [-0.15, -0.1) is 0 Å². The SMILES string of the molecule is BC(B)(O)OCC(NC(=O)c1cnccn1)C(=O)NC(CCCc1ccccc1)B1OC(C)(C)C(C)(C)O1. The van der Waals surface area contributed by atoms with Crippen molar-refractivity contribution in [1.82, 2.24) is 20.6 Å². The number of aryl methyl sites for hydroxylation is 1. The van der Waals surface area contributed by atoms with Crippen LogP contribution in [0.5, 0.6) is 0 Å². The van der Waals surface area contributed by atoms with E-state index in [1.807, 2.05) is 45.9 Å². The van der Waals surface area contributed by atoms with Gasteiger partial charge in [0.25, 0.3) is 5.91 Å². The minimum Gasteiger partial charge on any atom is -0.402 e. The molecular formula is C25H37B3N4O6. The van der Waals surface area contributed by atoms with Crippen LogP contribution in [-0.4, -0.2) is 85.1 Å². The first-order valence-corrected chi connectivity index (χ1v) is 12.9. The summed E-state index contributed by atoms with van der Waals surface area (Å²) in [4.78, 5) is 34.2. The number of carbonyl (C=O) groups is 2. The van der Waals surface area contributed by atoms with Crippen molar-refractivity contribution in [2.45, 2.75) is 75.7 Å². The van der Waals surface area contributed by atoms with Crippen LogP contribution in [-0.2, 0) is 25.3 Å². The average Bonchev–Trinajstić information content (AvgIpc) is 3.08. The van der Waals surface area contributed by atoms with E-state index in [4.69, 9.17) is 14.0 Å². The fourth-order valence-corrected chi connectivity index (χ4v) is 3.90. The summed E-state index contributed by atoms with van der Waals surface area (Å²) in [5, 5.41) is 15.7. The highest BCUT2D eigenvalue weighted by atomic mass is 16.7. The van der Waals surface area contributed by atoms with Gasteiger partial charge in [0.2, 0.25) is 5.91 Å². The number of aliphatic hydroxyl groups is 1. The molecular weight excluding hydrogens is 485 g/mol. The quantitative estimate of drug-likeness (QED) is 0.254. The van der Waals surface area contributed by atoms with Gasteiger partial charge < -0.3 is 29.8 Å². The lowest BCUT2D eigenvalue weighted by molar-refractivity contribution is -0.129. The fraction of sp³-hybridized carbons (Fsp3) is 0.520. The van der Waals surface area contributed by atoms with Crippen molar-refractivity contribution < 1.29 is 28.7 Å². The molecule has 38 heavy (non-hydrogen) atoms. The van der Waals surface area contributed by atoms with E-state index in [9.17, 15) is 14.7 Å². The molecule has 1 aromatic carbocycles. The standard InChI is InChI=1S/C25H37B3N4O6/c1-23(2)24(3,4)38-28(37-23)20(12-8-11-17-9-6-5-7-10-17)32-22(34)19(16-36-25(26,27)35)31-21(33)18-15-29-13-14-30-18/h5-7,9-10,13-15,19-20,35H,8,11-12,16,26-27H2,1-4H3,(H,31,33)(H,32,34). The van der Waals surface area contributed by atoms with E-state index >= 15 is 0 Å². The number of hydrogen-bond donors (Lipinski definition) is 3. The number of rotatable bonds is 12. The third-order valence-electron chi connectivity index (χ3n) is 6.77. The van der Waals surface area contributed by atoms with Crippen LogP contribution in [0.3, 0.4) is 0 Å². The van der Waals surface area contributed by atoms with Crippen LogP contribution in [0, 0.1) is 0 Å². The lowest BCUT2D eigenvalue weighted by atomic mass is 9.75. The van der Waals surface area contributed by atoms with Crippen molar-refractivity contribution in [2.24, 2.45) is 0 Å². The highest BCUT2D eigenvalue weighted by Gasteiger charge is 2.54. The first-order valence-electron chi connectivity index (χ1n) is 12.9. The summed E-state index contributed by atoms with van der Waals surface area (Å²) in [5.41, 5.74) is -1.41. The Hall–Kier alpha value is -2.73. The molecule has 0 saturated carbocycles. The zero-order valence-corrected chi connectivity index (χ0v) is 23.1. The van der Waals surface area contributed by atoms with Gasteiger partial charge in [0.15, 0.2) is 15.7 Å². The topological polar surface area (TPSA) is 132 Å². The monoisotopic (exact) mass is 522 g/mol. The van der Waals surface area contributed by atoms with Crippen LogP contribution < -0.4 is 10.6 Å². The van der Waals surface area contributed by atoms with E-state index in [2.05, 4.69) is 32.7 Å². The lowest BCUT2D eigenvalue weighted by Crippen LogP contribution is -2.56. The third kappa shape index (κ3) is 8.39. The number of aromatic nitrogens is 2. The largest absolute Gasteiger partial charge is 0.481 e. The molecule has 10 nitrogen and oxygen atoms in total. The number of nitrogens with zero attached hydrogens (tertiary/aromatic N) is 2. The number of amides is 2. The third-order valence-corrected chi connectivity index (χ3v) is 6.77. The van der Waals surface area contributed by atoms with Gasteiger partial charge in [0.1, 0.15) is 11.7 Å². The molecule has 1 aliphatic rings. The van der Waals surface area contributed by atoms with Gasteiger partial charge in [-0.3, -0.25) is 14.6 Å². The van der Waals surface area contributed by atoms with Crippen molar-refractivity contribution in [3.63, 3.8) is 0 Å². The molecule has 1 saturated heterocycles. The summed E-state index contributed by atoms with van der Waals surface area (Å²) in [5.74, 6) is -1.58. The zero-order valence-electron chi connectivity index (χ0n) is 23.1. The number of nitrogens with one attached hydrogen (secondary N) is 2. The predicted molar refractivity (Wildman–Crippen MR) is 149 cm³/mol. The second kappa shape index (κ2) is 12.4. The molecule has 2 heterocycles. The summed E-state index contributed by atoms with van der Waals surface area (Å²) < 4.78 is 18.0. The second-order valence-electron chi connectivity index (χ2n) is 11.0. The molecule has 0 radical (unpaired) electrons. The predicted octanol–water partition coefficient (Wildman–Crippen LogP) is -0.399. The molecule has 0 aliphatic carbocycles. The van der Waals surface area contributed by atoms with Crippen LogP contribution >= 0.6 is 0 Å². The highest BCUT2D eigenvalue weighted by Crippen LogP contribution is 2.38. The smallest absolute Gasteiger partial charge is 0.402 e. The van der Waals surface area contributed by atoms with Gasteiger partial charge in [-0.25, -0.2) is 4.98 Å². The van der Waals surface area contributed by atoms with Crippen molar-refractivity contribution in [2.75, 3.05) is 6.61 Å². The van der Waals surface area contributed by atoms with Gasteiger partial charge in [-0.2, -0.15) is 0 Å². The number of hydrogen-bond acceptors (Lipinski definition) is 8. The molecule has 0 bridgehead atoms. The molecule has 1 aromatic heterocycles. The van der Waals surface area contributed by atoms with Gasteiger partial charge in [-0.1, -0.05) is 30.3 Å². The van der Waals surface area contributed by atoms with E-state index in [-0.39, 0.29) is 12.3 Å². The van der Waals surface area contributed by atoms with Crippen LogP contribution in [0.2, 0.25) is 0 Å². The van der Waals surface area contributed by atoms with Gasteiger partial charge in [-0.05, 0) is 52.5 Å². The summed E-state index contributed by atoms with van der Waals surface area (Å²) in [6.07, 6.45) is 6.31. The molecule has 2 aromatic rings. The summed E-state index contributed by atoms with van der Waals surface area (Å²) in [6, 6.07) is 8.98. The molecule has 2 amide bonds. The van der Waals surface area contributed by atoms with Gasteiger partial charge in [0.05, 0.1) is 35.5 Å². The van der Waals surface area contributed by atoms with E-state index in [0.29, 0.717) is 6.42 Å². The minimum atomic E-state index is -1.50. The Kier molecular flexibility index (Phi) is 9.75. The van der Waals surface area contributed by atoms with Crippen LogP contribution in [0.15, 0.2) is 48.9 Å². The molecule has 3 N–H and O–H groups in total. The minimum absolute atomic E-state index is 0.0546. The number of benzene rings is 1. The molecule has 0 spiro atoms. The normalized spacial score (nSPS) is 18.0. The summed E-state index contributed by atoms with van der Waals surface area (Å²) in [7, 11) is 2.21. The maximum Gasteiger partial charge on any atom is 0.481 e. The summed E-state index contributed by atoms with van der Waals surface area (Å²) >= 11 is 0. The molecule has 1 aliphatic heterocycles. The van der Waals surface area contributed by atoms with Crippen molar-refractivity contribution in [1.29, 1.82) is 0 Å². The first-order chi connectivity index (χ1) is 17.8. The van der Waals surface area contributed by atoms with Gasteiger partial charge in [0, 0.05) is 12.4 Å². The fourth-order valence-electron chi connectivity index (χ4n) is 3.90. The Morgan fingerprint density at radius 3 is 2.34 bits per heavy atom. The van der Waals surface area contributed by atoms with E-state index in [0.717, 1.165) is 12.8 Å². The van der Waals surface area contributed by atoms with E-state index < -0.39 is 47.7 Å². The molecule has 1 fully saturated rings. The van der Waals surface area contributed by atoms with E-state index in [1.54, 1.807) is 0 Å². The van der Waals surface area contributed by atoms with Gasteiger partial charge >= 0.3 is 7.12 Å². The van der Waals surface area contributed by atoms with Crippen molar-refractivity contribution in [3.8, 4) is 0 Å². The van der Waals surface area contributed by atoms with Crippen LogP contribution in [0.4, 0.5) is 0 Å². The first kappa shape index (κ1) is 29.8. The number of carbonyl (C=O) groups excluding carboxylic acids is 2. The number of ether oxygens (including phenoxy) is 1. The van der Waals surface area contributed by atoms with Crippen LogP contribution in [0.25, 0.3) is 0 Å². The summed E-state index contributed by atoms with van der Waals surface area (Å²) in [6.45, 7) is 7.56. The molecule has 2 atom stereocenters. The lowest BCUT2D eigenvalue weighted by Gasteiger charge is -2.32. The molecule has 13 heteroatoms. The molecule has 202 valence electrons. The van der Waals surface area contributed by atoms with Crippen LogP contribution in [0.1, 0.15) is 56.6 Å². The average molecular weight is 522 g/mol. The Balaban J connectivity index is 1.76. The maximum absolute atomic E-state index is 13.5. The highest BCUT2D eigenvalue weighted by molar-refractivity contribution is 6.48. The van der Waals surface area contributed by atoms with Crippen molar-refractivity contribution >= 4 is 34.6 Å². The Labute approximate surface area is 226 Å². The molecule has 3 rings (SSSR count). The Morgan fingerprint density at radius 1 is 1.11 bits per heavy atom.